The van der Waals surface area contributed by atoms with Gasteiger partial charge in [-0.1, -0.05) is 24.6 Å². The van der Waals surface area contributed by atoms with Gasteiger partial charge in [-0.25, -0.2) is 0 Å². The standard InChI is InChI=1S/C22H29N3O3S/c26-20(23-9-5-12-24-10-2-1-3-11-24)18-17-7-8-22(28-17)15-25(21(27)19(18)22)14-16-6-4-13-29-16/h4,6-8,13,17-19H,1-3,5,9-12,14-15H2,(H,23,26)/t17-,18-,19-,22-/m1/s1. The lowest BCUT2D eigenvalue weighted by Crippen LogP contribution is -2.44. The van der Waals surface area contributed by atoms with E-state index in [4.69, 9.17) is 4.74 Å². The Bertz CT molecular complexity index is 789. The lowest BCUT2D eigenvalue weighted by molar-refractivity contribution is -0.137. The van der Waals surface area contributed by atoms with Gasteiger partial charge in [-0.2, -0.15) is 0 Å². The fourth-order valence-electron chi connectivity index (χ4n) is 5.42. The minimum absolute atomic E-state index is 0.0313. The van der Waals surface area contributed by atoms with Gasteiger partial charge in [0.25, 0.3) is 0 Å². The lowest BCUT2D eigenvalue weighted by Gasteiger charge is -2.26. The normalized spacial score (nSPS) is 33.4. The van der Waals surface area contributed by atoms with Gasteiger partial charge in [0.2, 0.25) is 11.8 Å². The van der Waals surface area contributed by atoms with Gasteiger partial charge in [-0.15, -0.1) is 11.3 Å². The van der Waals surface area contributed by atoms with Crippen LogP contribution in [0, 0.1) is 11.8 Å². The molecule has 4 aliphatic rings. The van der Waals surface area contributed by atoms with Crippen LogP contribution in [0.25, 0.3) is 0 Å². The molecule has 0 unspecified atom stereocenters. The minimum Gasteiger partial charge on any atom is -0.360 e. The van der Waals surface area contributed by atoms with E-state index in [1.54, 1.807) is 11.3 Å². The van der Waals surface area contributed by atoms with Gasteiger partial charge in [-0.3, -0.25) is 9.59 Å². The van der Waals surface area contributed by atoms with Crippen LogP contribution < -0.4 is 5.32 Å². The van der Waals surface area contributed by atoms with E-state index in [2.05, 4.69) is 10.2 Å². The van der Waals surface area contributed by atoms with Gasteiger partial charge in [0.05, 0.1) is 31.0 Å². The molecule has 4 atom stereocenters. The molecule has 156 valence electrons. The number of hydrogen-bond acceptors (Lipinski definition) is 5. The Morgan fingerprint density at radius 2 is 2.17 bits per heavy atom. The number of hydrogen-bond donors (Lipinski definition) is 1. The molecule has 0 aliphatic carbocycles. The molecule has 3 fully saturated rings. The molecule has 1 aromatic rings. The van der Waals surface area contributed by atoms with Crippen LogP contribution in [0.15, 0.2) is 29.7 Å². The summed E-state index contributed by atoms with van der Waals surface area (Å²) in [5, 5.41) is 5.12. The average molecular weight is 416 g/mol. The molecule has 2 bridgehead atoms. The largest absolute Gasteiger partial charge is 0.360 e. The fourth-order valence-corrected chi connectivity index (χ4v) is 6.14. The number of amides is 2. The molecule has 0 radical (unpaired) electrons. The highest BCUT2D eigenvalue weighted by Gasteiger charge is 2.66. The molecular weight excluding hydrogens is 386 g/mol. The first-order chi connectivity index (χ1) is 14.2. The molecule has 7 heteroatoms. The van der Waals surface area contributed by atoms with Crippen LogP contribution in [0.3, 0.4) is 0 Å². The Hall–Kier alpha value is -1.70. The molecule has 5 heterocycles. The van der Waals surface area contributed by atoms with E-state index < -0.39 is 11.5 Å². The molecule has 0 saturated carbocycles. The quantitative estimate of drug-likeness (QED) is 0.547. The Morgan fingerprint density at radius 1 is 1.31 bits per heavy atom. The second kappa shape index (κ2) is 7.85. The molecule has 5 rings (SSSR count). The minimum atomic E-state index is -0.616. The van der Waals surface area contributed by atoms with Crippen molar-refractivity contribution in [2.45, 2.75) is 43.9 Å². The summed E-state index contributed by atoms with van der Waals surface area (Å²) in [6.45, 7) is 5.19. The van der Waals surface area contributed by atoms with Crippen LogP contribution in [0.5, 0.6) is 0 Å². The van der Waals surface area contributed by atoms with Gasteiger partial charge in [0, 0.05) is 11.4 Å². The zero-order valence-corrected chi connectivity index (χ0v) is 17.5. The van der Waals surface area contributed by atoms with Crippen molar-refractivity contribution in [3.8, 4) is 0 Å². The highest BCUT2D eigenvalue weighted by Crippen LogP contribution is 2.52. The van der Waals surface area contributed by atoms with E-state index in [-0.39, 0.29) is 23.8 Å². The summed E-state index contributed by atoms with van der Waals surface area (Å²) >= 11 is 1.65. The van der Waals surface area contributed by atoms with Crippen molar-refractivity contribution in [2.24, 2.45) is 11.8 Å². The summed E-state index contributed by atoms with van der Waals surface area (Å²) in [5.74, 6) is -0.773. The monoisotopic (exact) mass is 415 g/mol. The van der Waals surface area contributed by atoms with Gasteiger partial charge in [-0.05, 0) is 50.3 Å². The molecule has 2 amide bonds. The number of piperidine rings is 1. The van der Waals surface area contributed by atoms with Crippen molar-refractivity contribution in [1.29, 1.82) is 0 Å². The topological polar surface area (TPSA) is 61.9 Å². The molecule has 4 aliphatic heterocycles. The Morgan fingerprint density at radius 3 is 2.97 bits per heavy atom. The summed E-state index contributed by atoms with van der Waals surface area (Å²) in [4.78, 5) is 31.7. The second-order valence-electron chi connectivity index (χ2n) is 8.72. The van der Waals surface area contributed by atoms with Crippen molar-refractivity contribution in [3.05, 3.63) is 34.5 Å². The summed E-state index contributed by atoms with van der Waals surface area (Å²) < 4.78 is 6.20. The summed E-state index contributed by atoms with van der Waals surface area (Å²) in [6, 6.07) is 4.05. The molecule has 29 heavy (non-hydrogen) atoms. The third-order valence-electron chi connectivity index (χ3n) is 6.81. The smallest absolute Gasteiger partial charge is 0.230 e. The maximum Gasteiger partial charge on any atom is 0.230 e. The van der Waals surface area contributed by atoms with Gasteiger partial charge in [0.1, 0.15) is 5.60 Å². The summed E-state index contributed by atoms with van der Waals surface area (Å²) in [7, 11) is 0. The van der Waals surface area contributed by atoms with Crippen molar-refractivity contribution in [3.63, 3.8) is 0 Å². The lowest BCUT2D eigenvalue weighted by atomic mass is 9.77. The molecule has 1 spiro atoms. The summed E-state index contributed by atoms with van der Waals surface area (Å²) in [5.41, 5.74) is -0.616. The van der Waals surface area contributed by atoms with Gasteiger partial charge in [0.15, 0.2) is 0 Å². The van der Waals surface area contributed by atoms with Crippen LogP contribution in [0.4, 0.5) is 0 Å². The zero-order valence-electron chi connectivity index (χ0n) is 16.7. The van der Waals surface area contributed by atoms with E-state index in [0.717, 1.165) is 17.8 Å². The van der Waals surface area contributed by atoms with E-state index in [9.17, 15) is 9.59 Å². The number of carbonyl (C=O) groups is 2. The number of nitrogens with one attached hydrogen (secondary N) is 1. The number of likely N-dealkylation sites (tertiary alicyclic amines) is 2. The Labute approximate surface area is 175 Å². The SMILES string of the molecule is O=C(NCCCN1CCCCC1)[C@@H]1[C@H]2C=C[C@]3(CN(Cc4cccs4)C(=O)[C@@H]13)O2. The molecule has 1 aromatic heterocycles. The van der Waals surface area contributed by atoms with Crippen molar-refractivity contribution in [2.75, 3.05) is 32.7 Å². The average Bonchev–Trinajstić information content (AvgIpc) is 3.49. The summed E-state index contributed by atoms with van der Waals surface area (Å²) in [6.07, 6.45) is 8.60. The van der Waals surface area contributed by atoms with E-state index in [1.165, 1.54) is 32.4 Å². The predicted molar refractivity (Wildman–Crippen MR) is 111 cm³/mol. The number of fused-ring (bicyclic) bond motifs is 1. The van der Waals surface area contributed by atoms with Crippen molar-refractivity contribution in [1.82, 2.24) is 15.1 Å². The van der Waals surface area contributed by atoms with E-state index >= 15 is 0 Å². The number of ether oxygens (including phenoxy) is 1. The Balaban J connectivity index is 1.19. The third-order valence-corrected chi connectivity index (χ3v) is 7.67. The van der Waals surface area contributed by atoms with Crippen LogP contribution in [-0.4, -0.2) is 66.0 Å². The molecule has 6 nitrogen and oxygen atoms in total. The maximum absolute atomic E-state index is 13.2. The Kier molecular flexibility index (Phi) is 5.22. The van der Waals surface area contributed by atoms with Crippen LogP contribution >= 0.6 is 11.3 Å². The van der Waals surface area contributed by atoms with Gasteiger partial charge < -0.3 is 19.9 Å². The highest BCUT2D eigenvalue weighted by molar-refractivity contribution is 7.09. The first kappa shape index (κ1) is 19.3. The fraction of sp³-hybridized carbons (Fsp3) is 0.636. The van der Waals surface area contributed by atoms with Gasteiger partial charge >= 0.3 is 0 Å². The van der Waals surface area contributed by atoms with E-state index in [1.807, 2.05) is 34.6 Å². The van der Waals surface area contributed by atoms with Crippen LogP contribution in [0.1, 0.15) is 30.6 Å². The molecular formula is C22H29N3O3S. The van der Waals surface area contributed by atoms with Crippen molar-refractivity contribution >= 4 is 23.2 Å². The first-order valence-electron chi connectivity index (χ1n) is 10.8. The number of thiophene rings is 1. The van der Waals surface area contributed by atoms with Crippen LogP contribution in [-0.2, 0) is 20.9 Å². The van der Waals surface area contributed by atoms with Crippen LogP contribution in [0.2, 0.25) is 0 Å². The number of nitrogens with zero attached hydrogens (tertiary/aromatic N) is 2. The van der Waals surface area contributed by atoms with Crippen molar-refractivity contribution < 1.29 is 14.3 Å². The zero-order chi connectivity index (χ0) is 19.8. The highest BCUT2D eigenvalue weighted by atomic mass is 32.1. The third kappa shape index (κ3) is 3.53. The predicted octanol–water partition coefficient (Wildman–Crippen LogP) is 2.02. The molecule has 3 saturated heterocycles. The number of carbonyl (C=O) groups excluding carboxylic acids is 2. The molecule has 1 N–H and O–H groups in total. The van der Waals surface area contributed by atoms with E-state index in [0.29, 0.717) is 19.6 Å². The number of rotatable bonds is 7. The maximum atomic E-state index is 13.2. The first-order valence-corrected chi connectivity index (χ1v) is 11.7. The molecule has 0 aromatic carbocycles. The second-order valence-corrected chi connectivity index (χ2v) is 9.75.